The normalized spacial score (nSPS) is 17.0. The van der Waals surface area contributed by atoms with Crippen LogP contribution in [0.4, 0.5) is 10.1 Å². The second kappa shape index (κ2) is 6.08. The zero-order valence-corrected chi connectivity index (χ0v) is 11.9. The van der Waals surface area contributed by atoms with Gasteiger partial charge in [0.1, 0.15) is 5.82 Å². The van der Waals surface area contributed by atoms with Crippen LogP contribution < -0.4 is 5.32 Å². The van der Waals surface area contributed by atoms with E-state index in [0.717, 1.165) is 31.8 Å². The van der Waals surface area contributed by atoms with Crippen LogP contribution in [-0.2, 0) is 9.59 Å². The highest BCUT2D eigenvalue weighted by Crippen LogP contribution is 2.38. The van der Waals surface area contributed by atoms with Gasteiger partial charge in [-0.15, -0.1) is 0 Å². The van der Waals surface area contributed by atoms with Gasteiger partial charge >= 0.3 is 5.97 Å². The summed E-state index contributed by atoms with van der Waals surface area (Å²) in [5.74, 6) is -1.83. The van der Waals surface area contributed by atoms with E-state index >= 15 is 0 Å². The molecule has 0 aromatic heterocycles. The summed E-state index contributed by atoms with van der Waals surface area (Å²) in [7, 11) is 0. The first kappa shape index (κ1) is 15.2. The largest absolute Gasteiger partial charge is 0.478 e. The summed E-state index contributed by atoms with van der Waals surface area (Å²) in [6, 6.07) is 4.22. The smallest absolute Gasteiger partial charge is 0.328 e. The van der Waals surface area contributed by atoms with E-state index in [0.29, 0.717) is 5.56 Å². The van der Waals surface area contributed by atoms with Gasteiger partial charge < -0.3 is 10.4 Å². The molecule has 1 amide bonds. The Morgan fingerprint density at radius 1 is 1.33 bits per heavy atom. The molecule has 0 unspecified atom stereocenters. The van der Waals surface area contributed by atoms with Crippen LogP contribution in [0.25, 0.3) is 6.08 Å². The third-order valence-corrected chi connectivity index (χ3v) is 3.91. The number of nitrogens with one attached hydrogen (secondary N) is 1. The number of carbonyl (C=O) groups is 2. The number of hydrogen-bond acceptors (Lipinski definition) is 2. The molecule has 0 spiro atoms. The number of carboxylic acids is 1. The molecule has 0 saturated heterocycles. The Balaban J connectivity index is 2.11. The molecule has 0 heterocycles. The van der Waals surface area contributed by atoms with E-state index < -0.39 is 17.2 Å². The van der Waals surface area contributed by atoms with Gasteiger partial charge in [0.05, 0.1) is 5.69 Å². The lowest BCUT2D eigenvalue weighted by Gasteiger charge is -2.22. The van der Waals surface area contributed by atoms with E-state index in [-0.39, 0.29) is 11.6 Å². The molecule has 1 aromatic rings. The monoisotopic (exact) mass is 291 g/mol. The quantitative estimate of drug-likeness (QED) is 0.835. The van der Waals surface area contributed by atoms with Crippen LogP contribution in [0.2, 0.25) is 0 Å². The molecule has 5 heteroatoms. The predicted molar refractivity (Wildman–Crippen MR) is 78.3 cm³/mol. The Bertz CT molecular complexity index is 589. The third kappa shape index (κ3) is 3.68. The van der Waals surface area contributed by atoms with Crippen molar-refractivity contribution in [3.05, 3.63) is 35.7 Å². The predicted octanol–water partition coefficient (Wildman–Crippen LogP) is 3.44. The summed E-state index contributed by atoms with van der Waals surface area (Å²) < 4.78 is 14.0. The van der Waals surface area contributed by atoms with Gasteiger partial charge in [-0.1, -0.05) is 25.8 Å². The van der Waals surface area contributed by atoms with Crippen LogP contribution in [0.5, 0.6) is 0 Å². The van der Waals surface area contributed by atoms with E-state index in [2.05, 4.69) is 5.32 Å². The van der Waals surface area contributed by atoms with Crippen molar-refractivity contribution in [3.8, 4) is 0 Å². The molecule has 1 saturated carbocycles. The average molecular weight is 291 g/mol. The molecule has 2 N–H and O–H groups in total. The molecule has 2 rings (SSSR count). The first-order valence-corrected chi connectivity index (χ1v) is 6.93. The first-order valence-electron chi connectivity index (χ1n) is 6.93. The van der Waals surface area contributed by atoms with Crippen molar-refractivity contribution in [1.82, 2.24) is 0 Å². The number of benzene rings is 1. The van der Waals surface area contributed by atoms with Crippen LogP contribution in [0.1, 0.15) is 38.2 Å². The van der Waals surface area contributed by atoms with Gasteiger partial charge in [-0.25, -0.2) is 9.18 Å². The molecule has 1 fully saturated rings. The Hall–Kier alpha value is -2.17. The molecule has 0 bridgehead atoms. The van der Waals surface area contributed by atoms with Crippen molar-refractivity contribution in [2.75, 3.05) is 5.32 Å². The van der Waals surface area contributed by atoms with Crippen molar-refractivity contribution in [2.45, 2.75) is 32.6 Å². The number of rotatable bonds is 4. The van der Waals surface area contributed by atoms with E-state index in [1.807, 2.05) is 6.92 Å². The summed E-state index contributed by atoms with van der Waals surface area (Å²) in [6.07, 6.45) is 5.91. The zero-order valence-electron chi connectivity index (χ0n) is 11.9. The fourth-order valence-corrected chi connectivity index (χ4v) is 2.56. The average Bonchev–Trinajstić information content (AvgIpc) is 2.87. The van der Waals surface area contributed by atoms with E-state index in [1.54, 1.807) is 6.07 Å². The number of aliphatic carboxylic acids is 1. The fourth-order valence-electron chi connectivity index (χ4n) is 2.56. The van der Waals surface area contributed by atoms with Crippen LogP contribution in [0, 0.1) is 11.2 Å². The van der Waals surface area contributed by atoms with Crippen molar-refractivity contribution in [3.63, 3.8) is 0 Å². The highest BCUT2D eigenvalue weighted by atomic mass is 19.1. The summed E-state index contributed by atoms with van der Waals surface area (Å²) in [6.45, 7) is 1.90. The van der Waals surface area contributed by atoms with Gasteiger partial charge in [0.25, 0.3) is 0 Å². The van der Waals surface area contributed by atoms with Crippen LogP contribution in [0.3, 0.4) is 0 Å². The minimum atomic E-state index is -1.10. The van der Waals surface area contributed by atoms with Gasteiger partial charge in [-0.3, -0.25) is 4.79 Å². The molecule has 0 radical (unpaired) electrons. The van der Waals surface area contributed by atoms with Crippen molar-refractivity contribution < 1.29 is 19.1 Å². The zero-order chi connectivity index (χ0) is 15.5. The molecule has 1 aliphatic carbocycles. The molecule has 4 nitrogen and oxygen atoms in total. The first-order chi connectivity index (χ1) is 9.90. The number of halogens is 1. The Morgan fingerprint density at radius 2 is 2.00 bits per heavy atom. The number of carbonyl (C=O) groups excluding carboxylic acids is 1. The Kier molecular flexibility index (Phi) is 4.40. The lowest BCUT2D eigenvalue weighted by molar-refractivity contribution is -0.131. The molecule has 0 aliphatic heterocycles. The molecule has 1 aliphatic rings. The lowest BCUT2D eigenvalue weighted by Crippen LogP contribution is -2.31. The standard InChI is InChI=1S/C16H18FNO3/c1-16(8-2-3-9-16)15(21)18-13-6-4-11(10-12(13)17)5-7-14(19)20/h4-7,10H,2-3,8-9H2,1H3,(H,18,21)(H,19,20)/b7-5+. The molecular weight excluding hydrogens is 273 g/mol. The highest BCUT2D eigenvalue weighted by molar-refractivity contribution is 5.95. The summed E-state index contributed by atoms with van der Waals surface area (Å²) in [5, 5.41) is 11.2. The van der Waals surface area contributed by atoms with Crippen LogP contribution >= 0.6 is 0 Å². The fraction of sp³-hybridized carbons (Fsp3) is 0.375. The summed E-state index contributed by atoms with van der Waals surface area (Å²) in [5.41, 5.74) is 0.134. The molecule has 0 atom stereocenters. The van der Waals surface area contributed by atoms with E-state index in [9.17, 15) is 14.0 Å². The second-order valence-corrected chi connectivity index (χ2v) is 5.63. The molecule has 1 aromatic carbocycles. The van der Waals surface area contributed by atoms with Crippen LogP contribution in [-0.4, -0.2) is 17.0 Å². The molecular formula is C16H18FNO3. The second-order valence-electron chi connectivity index (χ2n) is 5.63. The number of hydrogen-bond donors (Lipinski definition) is 2. The van der Waals surface area contributed by atoms with Gasteiger partial charge in [0.15, 0.2) is 0 Å². The number of anilines is 1. The maximum absolute atomic E-state index is 14.0. The van der Waals surface area contributed by atoms with Gasteiger partial charge in [-0.05, 0) is 36.6 Å². The highest BCUT2D eigenvalue weighted by Gasteiger charge is 2.36. The van der Waals surface area contributed by atoms with Crippen molar-refractivity contribution in [1.29, 1.82) is 0 Å². The molecule has 21 heavy (non-hydrogen) atoms. The molecule has 112 valence electrons. The minimum absolute atomic E-state index is 0.126. The topological polar surface area (TPSA) is 66.4 Å². The third-order valence-electron chi connectivity index (χ3n) is 3.91. The Labute approximate surface area is 122 Å². The van der Waals surface area contributed by atoms with Gasteiger partial charge in [0, 0.05) is 11.5 Å². The lowest BCUT2D eigenvalue weighted by atomic mass is 9.88. The van der Waals surface area contributed by atoms with Gasteiger partial charge in [-0.2, -0.15) is 0 Å². The summed E-state index contributed by atoms with van der Waals surface area (Å²) >= 11 is 0. The maximum Gasteiger partial charge on any atom is 0.328 e. The maximum atomic E-state index is 14.0. The van der Waals surface area contributed by atoms with E-state index in [1.165, 1.54) is 18.2 Å². The van der Waals surface area contributed by atoms with Crippen LogP contribution in [0.15, 0.2) is 24.3 Å². The van der Waals surface area contributed by atoms with Gasteiger partial charge in [0.2, 0.25) is 5.91 Å². The summed E-state index contributed by atoms with van der Waals surface area (Å²) in [4.78, 5) is 22.6. The SMILES string of the molecule is CC1(C(=O)Nc2ccc(/C=C/C(=O)O)cc2F)CCCC1. The number of amides is 1. The van der Waals surface area contributed by atoms with Crippen molar-refractivity contribution in [2.24, 2.45) is 5.41 Å². The Morgan fingerprint density at radius 3 is 2.57 bits per heavy atom. The number of carboxylic acid groups (broad SMARTS) is 1. The van der Waals surface area contributed by atoms with Crippen molar-refractivity contribution >= 4 is 23.6 Å². The van der Waals surface area contributed by atoms with E-state index in [4.69, 9.17) is 5.11 Å². The minimum Gasteiger partial charge on any atom is -0.478 e.